The van der Waals surface area contributed by atoms with Gasteiger partial charge >= 0.3 is 0 Å². The highest BCUT2D eigenvalue weighted by Crippen LogP contribution is 2.28. The summed E-state index contributed by atoms with van der Waals surface area (Å²) in [5, 5.41) is 0.673. The van der Waals surface area contributed by atoms with Crippen LogP contribution in [0.1, 0.15) is 31.7 Å². The van der Waals surface area contributed by atoms with Gasteiger partial charge in [-0.1, -0.05) is 31.5 Å². The molecule has 1 nitrogen and oxygen atoms in total. The fourth-order valence-corrected chi connectivity index (χ4v) is 1.40. The highest BCUT2D eigenvalue weighted by atomic mass is 35.5. The number of hydrogen-bond donors (Lipinski definition) is 0. The van der Waals surface area contributed by atoms with Gasteiger partial charge < -0.3 is 4.74 Å². The quantitative estimate of drug-likeness (QED) is 0.730. The van der Waals surface area contributed by atoms with Gasteiger partial charge in [0, 0.05) is 0 Å². The summed E-state index contributed by atoms with van der Waals surface area (Å²) in [4.78, 5) is 0. The molecule has 0 spiro atoms. The fourth-order valence-electron chi connectivity index (χ4n) is 1.15. The van der Waals surface area contributed by atoms with Crippen LogP contribution in [0.15, 0.2) is 18.2 Å². The summed E-state index contributed by atoms with van der Waals surface area (Å²) in [6.07, 6.45) is 0.990. The molecule has 77 valence electrons. The van der Waals surface area contributed by atoms with Gasteiger partial charge in [0.25, 0.3) is 0 Å². The summed E-state index contributed by atoms with van der Waals surface area (Å²) in [5.74, 6) is 1.02. The van der Waals surface area contributed by atoms with Crippen LogP contribution >= 0.6 is 11.6 Å². The molecule has 1 rings (SSSR count). The van der Waals surface area contributed by atoms with Crippen LogP contribution in [0.4, 0.5) is 0 Å². The topological polar surface area (TPSA) is 9.23 Å². The van der Waals surface area contributed by atoms with Crippen molar-refractivity contribution < 1.29 is 4.74 Å². The molecule has 1 atom stereocenters. The van der Waals surface area contributed by atoms with E-state index in [0.717, 1.165) is 17.7 Å². The third kappa shape index (κ3) is 2.91. The summed E-state index contributed by atoms with van der Waals surface area (Å²) >= 11 is 6.06. The molecule has 0 aliphatic heterocycles. The van der Waals surface area contributed by atoms with Crippen LogP contribution in [0.2, 0.25) is 5.02 Å². The Hall–Kier alpha value is -0.690. The highest BCUT2D eigenvalue weighted by Gasteiger charge is 2.04. The SMILES string of the molecule is [CH2]C(C)c1ccc(OCCC)c(Cl)c1. The summed E-state index contributed by atoms with van der Waals surface area (Å²) in [7, 11) is 0. The second kappa shape index (κ2) is 5.26. The van der Waals surface area contributed by atoms with E-state index in [1.165, 1.54) is 0 Å². The second-order valence-corrected chi connectivity index (χ2v) is 3.85. The number of rotatable bonds is 4. The molecule has 0 N–H and O–H groups in total. The lowest BCUT2D eigenvalue weighted by Gasteiger charge is -2.10. The van der Waals surface area contributed by atoms with E-state index in [9.17, 15) is 0 Å². The normalized spacial score (nSPS) is 10.6. The number of hydrogen-bond acceptors (Lipinski definition) is 1. The molecular weight excluding hydrogens is 196 g/mol. The minimum Gasteiger partial charge on any atom is -0.492 e. The molecule has 1 aromatic rings. The Kier molecular flexibility index (Phi) is 4.27. The Morgan fingerprint density at radius 3 is 2.71 bits per heavy atom. The van der Waals surface area contributed by atoms with Crippen molar-refractivity contribution in [2.24, 2.45) is 0 Å². The highest BCUT2D eigenvalue weighted by molar-refractivity contribution is 6.32. The third-order valence-corrected chi connectivity index (χ3v) is 2.28. The van der Waals surface area contributed by atoms with Crippen LogP contribution < -0.4 is 4.74 Å². The second-order valence-electron chi connectivity index (χ2n) is 3.44. The smallest absolute Gasteiger partial charge is 0.137 e. The van der Waals surface area contributed by atoms with Gasteiger partial charge in [-0.05, 0) is 37.0 Å². The zero-order chi connectivity index (χ0) is 10.6. The fraction of sp³-hybridized carbons (Fsp3) is 0.417. The van der Waals surface area contributed by atoms with E-state index in [0.29, 0.717) is 11.6 Å². The van der Waals surface area contributed by atoms with E-state index in [-0.39, 0.29) is 5.92 Å². The molecular formula is C12H16ClO. The monoisotopic (exact) mass is 211 g/mol. The van der Waals surface area contributed by atoms with Crippen molar-refractivity contribution in [3.05, 3.63) is 35.7 Å². The molecule has 0 heterocycles. The summed E-state index contributed by atoms with van der Waals surface area (Å²) < 4.78 is 5.47. The number of halogens is 1. The van der Waals surface area contributed by atoms with E-state index in [2.05, 4.69) is 13.8 Å². The predicted molar refractivity (Wildman–Crippen MR) is 61.0 cm³/mol. The molecule has 0 aliphatic carbocycles. The molecule has 0 saturated heterocycles. The van der Waals surface area contributed by atoms with Crippen molar-refractivity contribution in [2.45, 2.75) is 26.2 Å². The van der Waals surface area contributed by atoms with Gasteiger partial charge in [-0.25, -0.2) is 0 Å². The molecule has 0 aromatic heterocycles. The summed E-state index contributed by atoms with van der Waals surface area (Å²) in [6, 6.07) is 5.84. The van der Waals surface area contributed by atoms with Crippen molar-refractivity contribution in [3.8, 4) is 5.75 Å². The first-order valence-electron chi connectivity index (χ1n) is 4.90. The van der Waals surface area contributed by atoms with Crippen molar-refractivity contribution >= 4 is 11.6 Å². The molecule has 0 fully saturated rings. The Labute approximate surface area is 91.0 Å². The molecule has 1 radical (unpaired) electrons. The minimum absolute atomic E-state index is 0.257. The first-order chi connectivity index (χ1) is 6.65. The maximum absolute atomic E-state index is 6.06. The van der Waals surface area contributed by atoms with Gasteiger partial charge in [-0.15, -0.1) is 0 Å². The zero-order valence-corrected chi connectivity index (χ0v) is 9.47. The van der Waals surface area contributed by atoms with Gasteiger partial charge in [-0.3, -0.25) is 0 Å². The van der Waals surface area contributed by atoms with Crippen LogP contribution in [0.5, 0.6) is 5.75 Å². The summed E-state index contributed by atoms with van der Waals surface area (Å²) in [5.41, 5.74) is 1.14. The lowest BCUT2D eigenvalue weighted by atomic mass is 10.0. The molecule has 0 bridgehead atoms. The van der Waals surface area contributed by atoms with E-state index in [1.54, 1.807) is 0 Å². The van der Waals surface area contributed by atoms with Gasteiger partial charge in [0.1, 0.15) is 5.75 Å². The lowest BCUT2D eigenvalue weighted by Crippen LogP contribution is -1.96. The van der Waals surface area contributed by atoms with E-state index < -0.39 is 0 Å². The molecule has 1 unspecified atom stereocenters. The molecule has 1 aromatic carbocycles. The van der Waals surface area contributed by atoms with Crippen molar-refractivity contribution in [1.82, 2.24) is 0 Å². The standard InChI is InChI=1S/C12H16ClO/c1-4-7-14-12-6-5-10(9(2)3)8-11(12)13/h5-6,8-9H,2,4,7H2,1,3H3. The largest absolute Gasteiger partial charge is 0.492 e. The molecule has 0 aliphatic rings. The van der Waals surface area contributed by atoms with Crippen LogP contribution in [0.25, 0.3) is 0 Å². The van der Waals surface area contributed by atoms with Crippen molar-refractivity contribution in [3.63, 3.8) is 0 Å². The molecule has 2 heteroatoms. The molecule has 14 heavy (non-hydrogen) atoms. The maximum Gasteiger partial charge on any atom is 0.137 e. The maximum atomic E-state index is 6.06. The van der Waals surface area contributed by atoms with Crippen LogP contribution in [0, 0.1) is 6.92 Å². The Bertz CT molecular complexity index is 294. The third-order valence-electron chi connectivity index (χ3n) is 1.99. The Morgan fingerprint density at radius 1 is 1.50 bits per heavy atom. The van der Waals surface area contributed by atoms with Gasteiger partial charge in [0.05, 0.1) is 11.6 Å². The zero-order valence-electron chi connectivity index (χ0n) is 8.72. The van der Waals surface area contributed by atoms with E-state index >= 15 is 0 Å². The predicted octanol–water partition coefficient (Wildman–Crippen LogP) is 4.07. The van der Waals surface area contributed by atoms with Crippen LogP contribution in [0.3, 0.4) is 0 Å². The Morgan fingerprint density at radius 2 is 2.21 bits per heavy atom. The minimum atomic E-state index is 0.257. The van der Waals surface area contributed by atoms with Crippen LogP contribution in [-0.4, -0.2) is 6.61 Å². The van der Waals surface area contributed by atoms with Crippen molar-refractivity contribution in [1.29, 1.82) is 0 Å². The first-order valence-corrected chi connectivity index (χ1v) is 5.28. The average molecular weight is 212 g/mol. The van der Waals surface area contributed by atoms with Crippen molar-refractivity contribution in [2.75, 3.05) is 6.61 Å². The van der Waals surface area contributed by atoms with Gasteiger partial charge in [0.2, 0.25) is 0 Å². The average Bonchev–Trinajstić information content (AvgIpc) is 2.15. The van der Waals surface area contributed by atoms with Crippen LogP contribution in [-0.2, 0) is 0 Å². The molecule has 0 saturated carbocycles. The number of ether oxygens (including phenoxy) is 1. The number of benzene rings is 1. The summed E-state index contributed by atoms with van der Waals surface area (Å²) in [6.45, 7) is 8.76. The van der Waals surface area contributed by atoms with Gasteiger partial charge in [-0.2, -0.15) is 0 Å². The van der Waals surface area contributed by atoms with E-state index in [1.807, 2.05) is 25.1 Å². The van der Waals surface area contributed by atoms with E-state index in [4.69, 9.17) is 16.3 Å². The first kappa shape index (κ1) is 11.4. The Balaban J connectivity index is 2.79. The molecule has 0 amide bonds. The lowest BCUT2D eigenvalue weighted by molar-refractivity contribution is 0.317. The van der Waals surface area contributed by atoms with Gasteiger partial charge in [0.15, 0.2) is 0 Å².